The Morgan fingerprint density at radius 3 is 2.42 bits per heavy atom. The van der Waals surface area contributed by atoms with E-state index in [1.54, 1.807) is 18.3 Å². The molecule has 0 spiro atoms. The molecule has 0 radical (unpaired) electrons. The largest absolute Gasteiger partial charge is 0.485 e. The van der Waals surface area contributed by atoms with Crippen LogP contribution in [0.3, 0.4) is 0 Å². The van der Waals surface area contributed by atoms with Crippen LogP contribution in [0.1, 0.15) is 10.5 Å². The molecular weight excluding hydrogens is 268 g/mol. The van der Waals surface area contributed by atoms with Gasteiger partial charge in [0.1, 0.15) is 5.75 Å². The normalized spacial score (nSPS) is 11.2. The van der Waals surface area contributed by atoms with E-state index in [1.165, 1.54) is 24.3 Å². The number of nitrogens with one attached hydrogen (secondary N) is 1. The van der Waals surface area contributed by atoms with E-state index >= 15 is 0 Å². The van der Waals surface area contributed by atoms with Gasteiger partial charge >= 0.3 is 0 Å². The molecule has 100 valence electrons. The molecule has 2 aromatic rings. The average molecular weight is 280 g/mol. The van der Waals surface area contributed by atoms with E-state index in [0.29, 0.717) is 11.4 Å². The van der Waals surface area contributed by atoms with Gasteiger partial charge in [0.05, 0.1) is 10.6 Å². The van der Waals surface area contributed by atoms with Gasteiger partial charge in [-0.15, -0.1) is 0 Å². The van der Waals surface area contributed by atoms with Crippen molar-refractivity contribution in [3.63, 3.8) is 0 Å². The lowest BCUT2D eigenvalue weighted by Gasteiger charge is -2.05. The number of nitrogens with two attached hydrogens (primary N) is 1. The zero-order chi connectivity index (χ0) is 13.9. The molecule has 3 N–H and O–H groups in total. The minimum Gasteiger partial charge on any atom is -0.485 e. The number of H-pyrrole nitrogens is 1. The smallest absolute Gasteiger partial charge is 0.238 e. The molecule has 0 atom stereocenters. The molecule has 7 heteroatoms. The van der Waals surface area contributed by atoms with E-state index in [0.717, 1.165) is 0 Å². The van der Waals surface area contributed by atoms with E-state index in [2.05, 4.69) is 4.98 Å². The summed E-state index contributed by atoms with van der Waals surface area (Å²) in [4.78, 5) is 14.4. The molecule has 2 rings (SSSR count). The van der Waals surface area contributed by atoms with E-state index in [4.69, 9.17) is 9.88 Å². The van der Waals surface area contributed by atoms with Crippen molar-refractivity contribution in [2.45, 2.75) is 4.90 Å². The van der Waals surface area contributed by atoms with Gasteiger partial charge in [-0.2, -0.15) is 0 Å². The summed E-state index contributed by atoms with van der Waals surface area (Å²) in [5, 5.41) is 4.97. The molecule has 1 heterocycles. The molecule has 0 aliphatic carbocycles. The maximum atomic E-state index is 11.6. The molecule has 6 nitrogen and oxygen atoms in total. The first-order valence-electron chi connectivity index (χ1n) is 5.39. The van der Waals surface area contributed by atoms with E-state index in [1.807, 2.05) is 0 Å². The van der Waals surface area contributed by atoms with Crippen LogP contribution in [-0.4, -0.2) is 25.8 Å². The molecular formula is C12H12N2O4S. The number of primary sulfonamides is 1. The van der Waals surface area contributed by atoms with Crippen molar-refractivity contribution in [2.24, 2.45) is 5.14 Å². The third-order valence-electron chi connectivity index (χ3n) is 2.42. The molecule has 0 unspecified atom stereocenters. The van der Waals surface area contributed by atoms with Gasteiger partial charge in [-0.3, -0.25) is 4.79 Å². The molecule has 1 aromatic carbocycles. The molecule has 1 aromatic heterocycles. The fraction of sp³-hybridized carbons (Fsp3) is 0.0833. The highest BCUT2D eigenvalue weighted by atomic mass is 32.2. The summed E-state index contributed by atoms with van der Waals surface area (Å²) in [6.45, 7) is -0.130. The molecule has 0 saturated carbocycles. The maximum absolute atomic E-state index is 11.6. The number of carbonyl (C=O) groups excluding carboxylic acids is 1. The summed E-state index contributed by atoms with van der Waals surface area (Å²) in [7, 11) is -3.71. The van der Waals surface area contributed by atoms with Gasteiger partial charge in [-0.05, 0) is 36.4 Å². The summed E-state index contributed by atoms with van der Waals surface area (Å²) in [5.74, 6) is 0.202. The number of ether oxygens (including phenoxy) is 1. The van der Waals surface area contributed by atoms with Crippen molar-refractivity contribution in [1.82, 2.24) is 4.98 Å². The quantitative estimate of drug-likeness (QED) is 0.795. The molecule has 0 aliphatic heterocycles. The number of aromatic nitrogens is 1. The molecule has 0 bridgehead atoms. The fourth-order valence-electron chi connectivity index (χ4n) is 1.46. The Hall–Kier alpha value is -2.12. The number of rotatable bonds is 5. The number of Topliss-reactive ketones (excluding diaryl/α,β-unsaturated/α-hetero) is 1. The van der Waals surface area contributed by atoms with Crippen LogP contribution in [0, 0.1) is 0 Å². The van der Waals surface area contributed by atoms with Crippen LogP contribution in [0.2, 0.25) is 0 Å². The minimum absolute atomic E-state index is 0.00413. The zero-order valence-corrected chi connectivity index (χ0v) is 10.7. The van der Waals surface area contributed by atoms with Gasteiger partial charge in [0.15, 0.2) is 6.61 Å². The Kier molecular flexibility index (Phi) is 3.68. The number of hydrogen-bond donors (Lipinski definition) is 2. The maximum Gasteiger partial charge on any atom is 0.238 e. The summed E-state index contributed by atoms with van der Waals surface area (Å²) in [6, 6.07) is 8.90. The average Bonchev–Trinajstić information content (AvgIpc) is 2.89. The van der Waals surface area contributed by atoms with Gasteiger partial charge in [0, 0.05) is 6.20 Å². The number of carbonyl (C=O) groups is 1. The number of aromatic amines is 1. The zero-order valence-electron chi connectivity index (χ0n) is 9.87. The monoisotopic (exact) mass is 280 g/mol. The van der Waals surface area contributed by atoms with Crippen LogP contribution in [0.4, 0.5) is 0 Å². The molecule has 0 amide bonds. The number of ketones is 1. The predicted molar refractivity (Wildman–Crippen MR) is 68.4 cm³/mol. The predicted octanol–water partition coefficient (Wildman–Crippen LogP) is 0.924. The van der Waals surface area contributed by atoms with E-state index < -0.39 is 10.0 Å². The van der Waals surface area contributed by atoms with Crippen molar-refractivity contribution in [3.05, 3.63) is 48.3 Å². The summed E-state index contributed by atoms with van der Waals surface area (Å²) in [5.41, 5.74) is 0.459. The molecule has 0 aliphatic rings. The van der Waals surface area contributed by atoms with Crippen molar-refractivity contribution < 1.29 is 17.9 Å². The highest BCUT2D eigenvalue weighted by molar-refractivity contribution is 7.89. The molecule has 19 heavy (non-hydrogen) atoms. The van der Waals surface area contributed by atoms with Gasteiger partial charge in [-0.1, -0.05) is 0 Å². The highest BCUT2D eigenvalue weighted by Crippen LogP contribution is 2.15. The van der Waals surface area contributed by atoms with E-state index in [-0.39, 0.29) is 17.3 Å². The first-order chi connectivity index (χ1) is 8.97. The van der Waals surface area contributed by atoms with Crippen molar-refractivity contribution in [2.75, 3.05) is 6.61 Å². The minimum atomic E-state index is -3.71. The lowest BCUT2D eigenvalue weighted by molar-refractivity contribution is 0.0917. The Balaban J connectivity index is 1.99. The second-order valence-corrected chi connectivity index (χ2v) is 5.37. The molecule has 0 saturated heterocycles. The summed E-state index contributed by atoms with van der Waals surface area (Å²) in [6.07, 6.45) is 1.65. The Bertz CT molecular complexity index is 660. The topological polar surface area (TPSA) is 102 Å². The summed E-state index contributed by atoms with van der Waals surface area (Å²) < 4.78 is 27.3. The van der Waals surface area contributed by atoms with E-state index in [9.17, 15) is 13.2 Å². The summed E-state index contributed by atoms with van der Waals surface area (Å²) >= 11 is 0. The lowest BCUT2D eigenvalue weighted by atomic mass is 10.3. The Labute approximate surface area is 110 Å². The Morgan fingerprint density at radius 2 is 1.89 bits per heavy atom. The lowest BCUT2D eigenvalue weighted by Crippen LogP contribution is -2.13. The third kappa shape index (κ3) is 3.43. The number of sulfonamides is 1. The highest BCUT2D eigenvalue weighted by Gasteiger charge is 2.09. The first kappa shape index (κ1) is 13.3. The standard InChI is InChI=1S/C12H12N2O4S/c13-19(16,17)10-5-3-9(4-6-10)18-8-12(15)11-2-1-7-14-11/h1-7,14H,8H2,(H2,13,16,17). The van der Waals surface area contributed by atoms with Crippen LogP contribution in [0.5, 0.6) is 5.75 Å². The Morgan fingerprint density at radius 1 is 1.21 bits per heavy atom. The van der Waals surface area contributed by atoms with Crippen LogP contribution in [-0.2, 0) is 10.0 Å². The van der Waals surface area contributed by atoms with Gasteiger partial charge in [0.2, 0.25) is 15.8 Å². The van der Waals surface area contributed by atoms with Gasteiger partial charge < -0.3 is 9.72 Å². The molecule has 0 fully saturated rings. The number of benzene rings is 1. The van der Waals surface area contributed by atoms with Crippen molar-refractivity contribution >= 4 is 15.8 Å². The second-order valence-electron chi connectivity index (χ2n) is 3.81. The van der Waals surface area contributed by atoms with Gasteiger partial charge in [0.25, 0.3) is 0 Å². The second kappa shape index (κ2) is 5.25. The first-order valence-corrected chi connectivity index (χ1v) is 6.94. The number of hydrogen-bond acceptors (Lipinski definition) is 4. The van der Waals surface area contributed by atoms with Crippen LogP contribution < -0.4 is 9.88 Å². The fourth-order valence-corrected chi connectivity index (χ4v) is 1.97. The SMILES string of the molecule is NS(=O)(=O)c1ccc(OCC(=O)c2ccc[nH]2)cc1. The van der Waals surface area contributed by atoms with Crippen molar-refractivity contribution in [3.8, 4) is 5.75 Å². The third-order valence-corrected chi connectivity index (χ3v) is 3.35. The van der Waals surface area contributed by atoms with Crippen molar-refractivity contribution in [1.29, 1.82) is 0 Å². The van der Waals surface area contributed by atoms with Crippen LogP contribution >= 0.6 is 0 Å². The van der Waals surface area contributed by atoms with Crippen LogP contribution in [0.25, 0.3) is 0 Å². The van der Waals surface area contributed by atoms with Gasteiger partial charge in [-0.25, -0.2) is 13.6 Å². The van der Waals surface area contributed by atoms with Crippen LogP contribution in [0.15, 0.2) is 47.5 Å².